The third-order valence-electron chi connectivity index (χ3n) is 4.92. The molecule has 1 atom stereocenters. The summed E-state index contributed by atoms with van der Waals surface area (Å²) in [5.74, 6) is 0.552. The average Bonchev–Trinajstić information content (AvgIpc) is 2.67. The second kappa shape index (κ2) is 7.47. The summed E-state index contributed by atoms with van der Waals surface area (Å²) in [7, 11) is 0. The Morgan fingerprint density at radius 1 is 0.960 bits per heavy atom. The van der Waals surface area contributed by atoms with Crippen LogP contribution in [0, 0.1) is 6.07 Å². The number of nitrogens with zero attached hydrogens (tertiary/aromatic N) is 1. The van der Waals surface area contributed by atoms with Crippen molar-refractivity contribution < 1.29 is 20.1 Å². The van der Waals surface area contributed by atoms with Crippen molar-refractivity contribution in [3.05, 3.63) is 78.5 Å². The fourth-order valence-corrected chi connectivity index (χ4v) is 3.23. The Balaban J connectivity index is 0.00000182. The van der Waals surface area contributed by atoms with Gasteiger partial charge in [0.15, 0.2) is 0 Å². The molecule has 1 heterocycles. The van der Waals surface area contributed by atoms with E-state index in [1.54, 1.807) is 0 Å². The molecule has 1 aromatic heterocycles. The first-order valence-corrected chi connectivity index (χ1v) is 8.56. The van der Waals surface area contributed by atoms with Crippen LogP contribution < -0.4 is 0 Å². The molecule has 1 radical (unpaired) electrons. The molecule has 3 aromatic carbocycles. The van der Waals surface area contributed by atoms with E-state index in [0.717, 1.165) is 17.7 Å². The van der Waals surface area contributed by atoms with Gasteiger partial charge in [0.1, 0.15) is 0 Å². The van der Waals surface area contributed by atoms with Crippen LogP contribution >= 0.6 is 0 Å². The summed E-state index contributed by atoms with van der Waals surface area (Å²) in [6, 6.07) is 24.9. The molecule has 127 valence electrons. The smallest absolute Gasteiger partial charge is 0.0163 e. The molecule has 1 nitrogen and oxygen atoms in total. The van der Waals surface area contributed by atoms with Crippen LogP contribution in [0.25, 0.3) is 32.8 Å². The molecule has 4 rings (SSSR count). The number of rotatable bonds is 3. The van der Waals surface area contributed by atoms with Gasteiger partial charge in [0, 0.05) is 26.3 Å². The van der Waals surface area contributed by atoms with Crippen molar-refractivity contribution in [1.82, 2.24) is 4.98 Å². The van der Waals surface area contributed by atoms with Crippen molar-refractivity contribution in [2.45, 2.75) is 26.2 Å². The van der Waals surface area contributed by atoms with Crippen LogP contribution in [0.1, 0.15) is 31.7 Å². The van der Waals surface area contributed by atoms with Crippen LogP contribution in [0.5, 0.6) is 0 Å². The molecular formula is C23H20IrN-. The number of aromatic nitrogens is 1. The van der Waals surface area contributed by atoms with E-state index < -0.39 is 0 Å². The first-order chi connectivity index (χ1) is 11.8. The van der Waals surface area contributed by atoms with Gasteiger partial charge in [-0.05, 0) is 29.5 Å². The van der Waals surface area contributed by atoms with Gasteiger partial charge in [-0.2, -0.15) is 0 Å². The van der Waals surface area contributed by atoms with Gasteiger partial charge in [0.2, 0.25) is 0 Å². The summed E-state index contributed by atoms with van der Waals surface area (Å²) in [6.07, 6.45) is 3.05. The maximum absolute atomic E-state index is 4.56. The number of fused-ring (bicyclic) bond motifs is 3. The van der Waals surface area contributed by atoms with E-state index in [-0.39, 0.29) is 20.1 Å². The molecule has 4 aromatic rings. The predicted molar refractivity (Wildman–Crippen MR) is 102 cm³/mol. The summed E-state index contributed by atoms with van der Waals surface area (Å²) in [5.41, 5.74) is 3.40. The van der Waals surface area contributed by atoms with Crippen LogP contribution in [-0.4, -0.2) is 4.98 Å². The van der Waals surface area contributed by atoms with Crippen molar-refractivity contribution in [3.63, 3.8) is 0 Å². The molecule has 0 fully saturated rings. The molecule has 0 bridgehead atoms. The van der Waals surface area contributed by atoms with E-state index in [1.807, 2.05) is 6.20 Å². The molecule has 0 amide bonds. The van der Waals surface area contributed by atoms with Crippen LogP contribution in [0.3, 0.4) is 0 Å². The molecule has 0 N–H and O–H groups in total. The minimum absolute atomic E-state index is 0. The van der Waals surface area contributed by atoms with Gasteiger partial charge in [-0.15, -0.1) is 29.1 Å². The Bertz CT molecular complexity index is 1020. The van der Waals surface area contributed by atoms with Crippen LogP contribution in [0.2, 0.25) is 0 Å². The first-order valence-electron chi connectivity index (χ1n) is 8.56. The first kappa shape index (κ1) is 17.8. The van der Waals surface area contributed by atoms with E-state index in [2.05, 4.69) is 85.6 Å². The quantitative estimate of drug-likeness (QED) is 0.234. The fourth-order valence-electron chi connectivity index (χ4n) is 3.23. The Hall–Kier alpha value is -2.02. The van der Waals surface area contributed by atoms with E-state index in [4.69, 9.17) is 0 Å². The Kier molecular flexibility index (Phi) is 5.32. The molecule has 2 heteroatoms. The van der Waals surface area contributed by atoms with Gasteiger partial charge in [0.05, 0.1) is 0 Å². The van der Waals surface area contributed by atoms with Gasteiger partial charge in [-0.1, -0.05) is 72.6 Å². The van der Waals surface area contributed by atoms with Gasteiger partial charge >= 0.3 is 0 Å². The van der Waals surface area contributed by atoms with E-state index in [0.29, 0.717) is 5.92 Å². The zero-order valence-electron chi connectivity index (χ0n) is 14.4. The van der Waals surface area contributed by atoms with Crippen molar-refractivity contribution in [3.8, 4) is 11.3 Å². The number of benzene rings is 3. The number of pyridine rings is 1. The third-order valence-corrected chi connectivity index (χ3v) is 4.92. The van der Waals surface area contributed by atoms with Crippen LogP contribution in [0.15, 0.2) is 66.9 Å². The van der Waals surface area contributed by atoms with E-state index >= 15 is 0 Å². The van der Waals surface area contributed by atoms with E-state index in [1.165, 1.54) is 27.1 Å². The topological polar surface area (TPSA) is 12.9 Å². The number of hydrogen-bond acceptors (Lipinski definition) is 1. The minimum Gasteiger partial charge on any atom is -0.305 e. The zero-order chi connectivity index (χ0) is 16.5. The van der Waals surface area contributed by atoms with Gasteiger partial charge in [0.25, 0.3) is 0 Å². The standard InChI is InChI=1S/C23H20N.Ir/c1-3-16(2)18-12-13-24-23(15-18)20-10-11-22-19(14-20)9-8-17-6-4-5-7-21(17)22;/h4-9,11-16H,3H2,1-2H3;/q-1;. The maximum Gasteiger partial charge on any atom is 0.0163 e. The largest absolute Gasteiger partial charge is 0.305 e. The van der Waals surface area contributed by atoms with Gasteiger partial charge < -0.3 is 4.98 Å². The van der Waals surface area contributed by atoms with Crippen LogP contribution in [-0.2, 0) is 20.1 Å². The normalized spacial score (nSPS) is 12.1. The van der Waals surface area contributed by atoms with Crippen LogP contribution in [0.4, 0.5) is 0 Å². The Labute approximate surface area is 162 Å². The number of hydrogen-bond donors (Lipinski definition) is 0. The zero-order valence-corrected chi connectivity index (χ0v) is 16.8. The molecule has 0 saturated heterocycles. The SMILES string of the molecule is CCC(C)c1ccnc(-c2[c-]cc3c(ccc4ccccc43)c2)c1.[Ir]. The van der Waals surface area contributed by atoms with Gasteiger partial charge in [-0.3, -0.25) is 0 Å². The molecule has 1 unspecified atom stereocenters. The van der Waals surface area contributed by atoms with E-state index in [9.17, 15) is 0 Å². The summed E-state index contributed by atoms with van der Waals surface area (Å²) in [5, 5.41) is 5.02. The molecule has 0 spiro atoms. The second-order valence-corrected chi connectivity index (χ2v) is 6.42. The summed E-state index contributed by atoms with van der Waals surface area (Å²) >= 11 is 0. The average molecular weight is 503 g/mol. The molecular weight excluding hydrogens is 482 g/mol. The monoisotopic (exact) mass is 503 g/mol. The Morgan fingerprint density at radius 3 is 2.60 bits per heavy atom. The maximum atomic E-state index is 4.56. The predicted octanol–water partition coefficient (Wildman–Crippen LogP) is 6.37. The molecule has 0 saturated carbocycles. The minimum atomic E-state index is 0. The Morgan fingerprint density at radius 2 is 1.76 bits per heavy atom. The summed E-state index contributed by atoms with van der Waals surface area (Å²) in [4.78, 5) is 4.56. The van der Waals surface area contributed by atoms with Gasteiger partial charge in [-0.25, -0.2) is 0 Å². The molecule has 25 heavy (non-hydrogen) atoms. The fraction of sp³-hybridized carbons (Fsp3) is 0.174. The van der Waals surface area contributed by atoms with Crippen molar-refractivity contribution in [2.75, 3.05) is 0 Å². The van der Waals surface area contributed by atoms with Crippen molar-refractivity contribution in [2.24, 2.45) is 0 Å². The molecule has 0 aliphatic heterocycles. The summed E-state index contributed by atoms with van der Waals surface area (Å²) in [6.45, 7) is 4.48. The third kappa shape index (κ3) is 3.38. The molecule has 0 aliphatic rings. The van der Waals surface area contributed by atoms with Crippen molar-refractivity contribution >= 4 is 21.5 Å². The second-order valence-electron chi connectivity index (χ2n) is 6.42. The molecule has 0 aliphatic carbocycles. The summed E-state index contributed by atoms with van der Waals surface area (Å²) < 4.78 is 0. The van der Waals surface area contributed by atoms with Crippen molar-refractivity contribution in [1.29, 1.82) is 0 Å².